The number of carbonyl (C=O) groups is 1. The first-order chi connectivity index (χ1) is 10.8. The molecule has 1 aromatic carbocycles. The minimum atomic E-state index is -4.76. The largest absolute Gasteiger partial charge is 0.497 e. The van der Waals surface area contributed by atoms with E-state index in [0.717, 1.165) is 12.3 Å². The van der Waals surface area contributed by atoms with E-state index >= 15 is 0 Å². The SMILES string of the molecule is COc1cccc(NC(=O)Cn2cccc(C(F)(F)F)c2=O)c1. The highest BCUT2D eigenvalue weighted by Crippen LogP contribution is 2.26. The van der Waals surface area contributed by atoms with Crippen molar-refractivity contribution in [2.24, 2.45) is 0 Å². The van der Waals surface area contributed by atoms with Crippen LogP contribution in [0, 0.1) is 0 Å². The predicted molar refractivity (Wildman–Crippen MR) is 77.3 cm³/mol. The van der Waals surface area contributed by atoms with Gasteiger partial charge in [0, 0.05) is 18.0 Å². The number of pyridine rings is 1. The summed E-state index contributed by atoms with van der Waals surface area (Å²) in [5.74, 6) is -0.112. The summed E-state index contributed by atoms with van der Waals surface area (Å²) >= 11 is 0. The van der Waals surface area contributed by atoms with Gasteiger partial charge in [-0.2, -0.15) is 13.2 Å². The van der Waals surface area contributed by atoms with Crippen molar-refractivity contribution in [2.75, 3.05) is 12.4 Å². The molecule has 0 saturated heterocycles. The van der Waals surface area contributed by atoms with Crippen LogP contribution >= 0.6 is 0 Å². The van der Waals surface area contributed by atoms with Gasteiger partial charge in [-0.15, -0.1) is 0 Å². The van der Waals surface area contributed by atoms with Gasteiger partial charge in [-0.25, -0.2) is 0 Å². The quantitative estimate of drug-likeness (QED) is 0.939. The van der Waals surface area contributed by atoms with Crippen molar-refractivity contribution < 1.29 is 22.7 Å². The number of nitrogens with zero attached hydrogens (tertiary/aromatic N) is 1. The zero-order chi connectivity index (χ0) is 17.0. The van der Waals surface area contributed by atoms with Crippen LogP contribution in [-0.2, 0) is 17.5 Å². The molecule has 122 valence electrons. The number of rotatable bonds is 4. The van der Waals surface area contributed by atoms with Gasteiger partial charge in [0.1, 0.15) is 17.9 Å². The van der Waals surface area contributed by atoms with E-state index in [-0.39, 0.29) is 0 Å². The summed E-state index contributed by atoms with van der Waals surface area (Å²) in [6.07, 6.45) is -3.63. The summed E-state index contributed by atoms with van der Waals surface area (Å²) in [6.45, 7) is -0.528. The summed E-state index contributed by atoms with van der Waals surface area (Å²) < 4.78 is 43.7. The van der Waals surface area contributed by atoms with E-state index in [1.165, 1.54) is 7.11 Å². The van der Waals surface area contributed by atoms with Gasteiger partial charge >= 0.3 is 6.18 Å². The Kier molecular flexibility index (Phi) is 4.73. The van der Waals surface area contributed by atoms with Crippen molar-refractivity contribution >= 4 is 11.6 Å². The van der Waals surface area contributed by atoms with E-state index in [9.17, 15) is 22.8 Å². The first kappa shape index (κ1) is 16.6. The van der Waals surface area contributed by atoms with Crippen LogP contribution in [-0.4, -0.2) is 17.6 Å². The molecule has 0 spiro atoms. The van der Waals surface area contributed by atoms with Gasteiger partial charge in [-0.1, -0.05) is 6.07 Å². The Morgan fingerprint density at radius 2 is 2.00 bits per heavy atom. The van der Waals surface area contributed by atoms with E-state index in [0.29, 0.717) is 22.1 Å². The fourth-order valence-corrected chi connectivity index (χ4v) is 1.93. The normalized spacial score (nSPS) is 11.1. The van der Waals surface area contributed by atoms with Gasteiger partial charge in [0.05, 0.1) is 7.11 Å². The molecule has 8 heteroatoms. The summed E-state index contributed by atoms with van der Waals surface area (Å²) in [7, 11) is 1.46. The molecule has 0 aliphatic carbocycles. The number of nitrogens with one attached hydrogen (secondary N) is 1. The van der Waals surface area contributed by atoms with Crippen molar-refractivity contribution in [1.82, 2.24) is 4.57 Å². The fraction of sp³-hybridized carbons (Fsp3) is 0.200. The van der Waals surface area contributed by atoms with Crippen LogP contribution in [0.15, 0.2) is 47.4 Å². The molecule has 0 aliphatic heterocycles. The van der Waals surface area contributed by atoms with Crippen LogP contribution in [0.4, 0.5) is 18.9 Å². The number of halogens is 3. The first-order valence-corrected chi connectivity index (χ1v) is 6.52. The number of hydrogen-bond acceptors (Lipinski definition) is 3. The molecule has 1 N–H and O–H groups in total. The summed E-state index contributed by atoms with van der Waals surface area (Å²) in [4.78, 5) is 23.6. The Balaban J connectivity index is 2.16. The number of benzene rings is 1. The number of anilines is 1. The minimum Gasteiger partial charge on any atom is -0.497 e. The topological polar surface area (TPSA) is 60.3 Å². The van der Waals surface area contributed by atoms with Crippen LogP contribution in [0.2, 0.25) is 0 Å². The summed E-state index contributed by atoms with van der Waals surface area (Å²) in [6, 6.07) is 8.21. The average Bonchev–Trinajstić information content (AvgIpc) is 2.48. The number of methoxy groups -OCH3 is 1. The molecule has 23 heavy (non-hydrogen) atoms. The maximum atomic E-state index is 12.7. The van der Waals surface area contributed by atoms with Crippen molar-refractivity contribution in [2.45, 2.75) is 12.7 Å². The molecule has 5 nitrogen and oxygen atoms in total. The average molecular weight is 326 g/mol. The maximum absolute atomic E-state index is 12.7. The lowest BCUT2D eigenvalue weighted by molar-refractivity contribution is -0.139. The van der Waals surface area contributed by atoms with E-state index in [1.54, 1.807) is 24.3 Å². The zero-order valence-corrected chi connectivity index (χ0v) is 12.1. The van der Waals surface area contributed by atoms with Crippen molar-refractivity contribution in [3.8, 4) is 5.75 Å². The second-order valence-corrected chi connectivity index (χ2v) is 4.63. The molecule has 0 fully saturated rings. The highest BCUT2D eigenvalue weighted by molar-refractivity contribution is 5.90. The van der Waals surface area contributed by atoms with Gasteiger partial charge in [0.2, 0.25) is 5.91 Å². The summed E-state index contributed by atoms with van der Waals surface area (Å²) in [5, 5.41) is 2.49. The Morgan fingerprint density at radius 1 is 1.26 bits per heavy atom. The molecule has 0 bridgehead atoms. The Labute approximate surface area is 129 Å². The van der Waals surface area contributed by atoms with E-state index < -0.39 is 29.8 Å². The lowest BCUT2D eigenvalue weighted by atomic mass is 10.2. The number of ether oxygens (including phenoxy) is 1. The van der Waals surface area contributed by atoms with Gasteiger partial charge in [0.25, 0.3) is 5.56 Å². The van der Waals surface area contributed by atoms with Crippen LogP contribution < -0.4 is 15.6 Å². The Morgan fingerprint density at radius 3 is 2.65 bits per heavy atom. The molecule has 0 radical (unpaired) electrons. The third-order valence-corrected chi connectivity index (χ3v) is 2.99. The van der Waals surface area contributed by atoms with Crippen LogP contribution in [0.5, 0.6) is 5.75 Å². The number of carbonyl (C=O) groups excluding carboxylic acids is 1. The van der Waals surface area contributed by atoms with E-state index in [1.807, 2.05) is 0 Å². The second-order valence-electron chi connectivity index (χ2n) is 4.63. The lowest BCUT2D eigenvalue weighted by Crippen LogP contribution is -2.31. The number of alkyl halides is 3. The van der Waals surface area contributed by atoms with Crippen LogP contribution in [0.1, 0.15) is 5.56 Å². The molecule has 1 amide bonds. The molecule has 1 aromatic heterocycles. The molecule has 0 atom stereocenters. The standard InChI is InChI=1S/C15H13F3N2O3/c1-23-11-5-2-4-10(8-11)19-13(21)9-20-7-3-6-12(14(20)22)15(16,17)18/h2-8H,9H2,1H3,(H,19,21). The van der Waals surface area contributed by atoms with Gasteiger partial charge in [-0.05, 0) is 24.3 Å². The highest BCUT2D eigenvalue weighted by atomic mass is 19.4. The van der Waals surface area contributed by atoms with Crippen molar-refractivity contribution in [3.63, 3.8) is 0 Å². The molecule has 2 rings (SSSR count). The first-order valence-electron chi connectivity index (χ1n) is 6.52. The lowest BCUT2D eigenvalue weighted by Gasteiger charge is -2.11. The Bertz CT molecular complexity index is 769. The van der Waals surface area contributed by atoms with Crippen LogP contribution in [0.25, 0.3) is 0 Å². The smallest absolute Gasteiger partial charge is 0.421 e. The Hall–Kier alpha value is -2.77. The molecular weight excluding hydrogens is 313 g/mol. The molecular formula is C15H13F3N2O3. The minimum absolute atomic E-state index is 0.411. The molecule has 0 unspecified atom stereocenters. The number of hydrogen-bond donors (Lipinski definition) is 1. The second kappa shape index (κ2) is 6.55. The molecule has 2 aromatic rings. The molecule has 1 heterocycles. The number of amides is 1. The van der Waals surface area contributed by atoms with Crippen molar-refractivity contribution in [3.05, 3.63) is 58.5 Å². The molecule has 0 aliphatic rings. The predicted octanol–water partition coefficient (Wildman–Crippen LogP) is 2.51. The third-order valence-electron chi connectivity index (χ3n) is 2.99. The van der Waals surface area contributed by atoms with E-state index in [2.05, 4.69) is 5.32 Å². The van der Waals surface area contributed by atoms with Gasteiger partial charge in [0.15, 0.2) is 0 Å². The van der Waals surface area contributed by atoms with Gasteiger partial charge in [-0.3, -0.25) is 9.59 Å². The number of aromatic nitrogens is 1. The fourth-order valence-electron chi connectivity index (χ4n) is 1.93. The zero-order valence-electron chi connectivity index (χ0n) is 12.1. The van der Waals surface area contributed by atoms with Crippen molar-refractivity contribution in [1.29, 1.82) is 0 Å². The highest BCUT2D eigenvalue weighted by Gasteiger charge is 2.34. The molecule has 0 saturated carbocycles. The summed E-state index contributed by atoms with van der Waals surface area (Å²) in [5.41, 5.74) is -2.16. The van der Waals surface area contributed by atoms with Gasteiger partial charge < -0.3 is 14.6 Å². The van der Waals surface area contributed by atoms with Crippen LogP contribution in [0.3, 0.4) is 0 Å². The van der Waals surface area contributed by atoms with E-state index in [4.69, 9.17) is 4.74 Å². The monoisotopic (exact) mass is 326 g/mol. The third kappa shape index (κ3) is 4.12. The maximum Gasteiger partial charge on any atom is 0.421 e.